The van der Waals surface area contributed by atoms with Crippen LogP contribution in [0.3, 0.4) is 0 Å². The third-order valence-electron chi connectivity index (χ3n) is 4.48. The molecule has 0 fully saturated rings. The molecule has 0 aliphatic rings. The fraction of sp³-hybridized carbons (Fsp3) is 0. The number of hydrogen-bond acceptors (Lipinski definition) is 5. The second kappa shape index (κ2) is 8.06. The molecule has 0 saturated carbocycles. The first-order valence-electron chi connectivity index (χ1n) is 8.81. The van der Waals surface area contributed by atoms with Gasteiger partial charge in [-0.2, -0.15) is 0 Å². The molecule has 0 spiro atoms. The number of halogens is 1. The van der Waals surface area contributed by atoms with E-state index in [-0.39, 0.29) is 16.7 Å². The van der Waals surface area contributed by atoms with Gasteiger partial charge in [0.25, 0.3) is 11.6 Å². The Balaban J connectivity index is 1.83. The molecule has 0 unspecified atom stereocenters. The lowest BCUT2D eigenvalue weighted by molar-refractivity contribution is -0.384. The first kappa shape index (κ1) is 19.8. The van der Waals surface area contributed by atoms with Crippen molar-refractivity contribution in [3.8, 4) is 11.1 Å². The lowest BCUT2D eigenvalue weighted by Crippen LogP contribution is -2.15. The van der Waals surface area contributed by atoms with Crippen LogP contribution in [0.2, 0.25) is 5.02 Å². The van der Waals surface area contributed by atoms with Crippen molar-refractivity contribution in [2.75, 3.05) is 5.32 Å². The molecule has 1 N–H and O–H groups in total. The van der Waals surface area contributed by atoms with E-state index in [1.54, 1.807) is 36.4 Å². The highest BCUT2D eigenvalue weighted by Gasteiger charge is 2.18. The Morgan fingerprint density at radius 3 is 2.43 bits per heavy atom. The van der Waals surface area contributed by atoms with Gasteiger partial charge in [-0.05, 0) is 42.0 Å². The minimum Gasteiger partial charge on any atom is -0.313 e. The maximum absolute atomic E-state index is 13.2. The van der Waals surface area contributed by atoms with E-state index in [0.717, 1.165) is 4.70 Å². The SMILES string of the molecule is O=C(Nc1sc2ccccc2c(=O)c1-c1cccc(Cl)c1)c1ccc([N+](=O)[O-])cc1. The molecule has 0 bridgehead atoms. The van der Waals surface area contributed by atoms with Crippen LogP contribution < -0.4 is 10.7 Å². The molecule has 0 aliphatic carbocycles. The molecule has 0 saturated heterocycles. The normalized spacial score (nSPS) is 10.7. The number of anilines is 1. The molecule has 30 heavy (non-hydrogen) atoms. The fourth-order valence-corrected chi connectivity index (χ4v) is 4.33. The Hall–Kier alpha value is -3.55. The van der Waals surface area contributed by atoms with Gasteiger partial charge in [-0.3, -0.25) is 19.7 Å². The number of non-ortho nitro benzene ring substituents is 1. The van der Waals surface area contributed by atoms with Crippen molar-refractivity contribution in [2.45, 2.75) is 0 Å². The summed E-state index contributed by atoms with van der Waals surface area (Å²) in [5.41, 5.74) is 0.850. The summed E-state index contributed by atoms with van der Waals surface area (Å²) in [5, 5.41) is 15.0. The van der Waals surface area contributed by atoms with Gasteiger partial charge in [0.1, 0.15) is 5.00 Å². The van der Waals surface area contributed by atoms with Crippen LogP contribution in [0.4, 0.5) is 10.7 Å². The number of benzene rings is 3. The van der Waals surface area contributed by atoms with Crippen LogP contribution in [0.15, 0.2) is 77.6 Å². The summed E-state index contributed by atoms with van der Waals surface area (Å²) in [6.45, 7) is 0. The van der Waals surface area contributed by atoms with Gasteiger partial charge in [-0.1, -0.05) is 35.9 Å². The Morgan fingerprint density at radius 1 is 1.00 bits per heavy atom. The van der Waals surface area contributed by atoms with Crippen LogP contribution in [0.25, 0.3) is 21.2 Å². The number of carbonyl (C=O) groups is 1. The first-order valence-corrected chi connectivity index (χ1v) is 10.0. The van der Waals surface area contributed by atoms with Gasteiger partial charge in [-0.25, -0.2) is 0 Å². The zero-order chi connectivity index (χ0) is 21.3. The van der Waals surface area contributed by atoms with Crippen molar-refractivity contribution >= 4 is 49.6 Å². The first-order chi connectivity index (χ1) is 14.4. The van der Waals surface area contributed by atoms with Crippen molar-refractivity contribution in [3.63, 3.8) is 0 Å². The van der Waals surface area contributed by atoms with Gasteiger partial charge in [0, 0.05) is 32.8 Å². The number of nitrogens with one attached hydrogen (secondary N) is 1. The summed E-state index contributed by atoms with van der Waals surface area (Å²) in [4.78, 5) is 36.3. The number of rotatable bonds is 4. The lowest BCUT2D eigenvalue weighted by Gasteiger charge is -2.12. The van der Waals surface area contributed by atoms with Gasteiger partial charge >= 0.3 is 0 Å². The second-order valence-corrected chi connectivity index (χ2v) is 7.89. The van der Waals surface area contributed by atoms with Crippen LogP contribution >= 0.6 is 22.9 Å². The van der Waals surface area contributed by atoms with Crippen molar-refractivity contribution in [3.05, 3.63) is 104 Å². The Kier molecular flexibility index (Phi) is 5.31. The summed E-state index contributed by atoms with van der Waals surface area (Å²) >= 11 is 7.39. The number of carbonyl (C=O) groups excluding carboxylic acids is 1. The van der Waals surface area contributed by atoms with Gasteiger partial charge in [0.15, 0.2) is 5.43 Å². The summed E-state index contributed by atoms with van der Waals surface area (Å²) in [7, 11) is 0. The van der Waals surface area contributed by atoms with Crippen LogP contribution in [0.1, 0.15) is 10.4 Å². The van der Waals surface area contributed by atoms with Crippen molar-refractivity contribution in [2.24, 2.45) is 0 Å². The number of amides is 1. The largest absolute Gasteiger partial charge is 0.313 e. The van der Waals surface area contributed by atoms with Gasteiger partial charge in [0.05, 0.1) is 10.5 Å². The molecule has 6 nitrogen and oxygen atoms in total. The van der Waals surface area contributed by atoms with E-state index in [1.165, 1.54) is 35.6 Å². The van der Waals surface area contributed by atoms with E-state index in [4.69, 9.17) is 11.6 Å². The minimum absolute atomic E-state index is 0.110. The second-order valence-electron chi connectivity index (χ2n) is 6.40. The van der Waals surface area contributed by atoms with E-state index >= 15 is 0 Å². The summed E-state index contributed by atoms with van der Waals surface area (Å²) in [5.74, 6) is -0.473. The Morgan fingerprint density at radius 2 is 1.73 bits per heavy atom. The third kappa shape index (κ3) is 3.80. The fourth-order valence-electron chi connectivity index (χ4n) is 3.05. The van der Waals surface area contributed by atoms with Gasteiger partial charge in [0.2, 0.25) is 0 Å². The number of hydrogen-bond donors (Lipinski definition) is 1. The molecule has 0 aliphatic heterocycles. The number of fused-ring (bicyclic) bond motifs is 1. The standard InChI is InChI=1S/C22H13ClN2O4S/c23-15-5-3-4-14(12-15)19-20(26)17-6-1-2-7-18(17)30-22(19)24-21(27)13-8-10-16(11-9-13)25(28)29/h1-12H,(H,24,27). The Bertz CT molecular complexity index is 1350. The van der Waals surface area contributed by atoms with E-state index in [9.17, 15) is 19.7 Å². The minimum atomic E-state index is -0.534. The molecule has 1 heterocycles. The monoisotopic (exact) mass is 436 g/mol. The molecule has 148 valence electrons. The quantitative estimate of drug-likeness (QED) is 0.326. The molecule has 8 heteroatoms. The smallest absolute Gasteiger partial charge is 0.269 e. The van der Waals surface area contributed by atoms with Crippen LogP contribution in [-0.4, -0.2) is 10.8 Å². The average Bonchev–Trinajstić information content (AvgIpc) is 2.74. The van der Waals surface area contributed by atoms with Crippen LogP contribution in [0.5, 0.6) is 0 Å². The molecular formula is C22H13ClN2O4S. The predicted molar refractivity (Wildman–Crippen MR) is 120 cm³/mol. The zero-order valence-corrected chi connectivity index (χ0v) is 16.9. The van der Waals surface area contributed by atoms with E-state index < -0.39 is 10.8 Å². The number of nitrogens with zero attached hydrogens (tertiary/aromatic N) is 1. The molecule has 3 aromatic carbocycles. The highest BCUT2D eigenvalue weighted by Crippen LogP contribution is 2.34. The predicted octanol–water partition coefficient (Wildman–Crippen LogP) is 5.74. The van der Waals surface area contributed by atoms with E-state index in [0.29, 0.717) is 26.5 Å². The molecule has 0 radical (unpaired) electrons. The summed E-state index contributed by atoms with van der Waals surface area (Å²) in [6, 6.07) is 19.3. The van der Waals surface area contributed by atoms with Crippen molar-refractivity contribution in [1.29, 1.82) is 0 Å². The third-order valence-corrected chi connectivity index (χ3v) is 5.80. The number of nitro groups is 1. The van der Waals surface area contributed by atoms with Gasteiger partial charge < -0.3 is 5.32 Å². The van der Waals surface area contributed by atoms with E-state index in [2.05, 4.69) is 5.32 Å². The van der Waals surface area contributed by atoms with E-state index in [1.807, 2.05) is 12.1 Å². The number of nitro benzene ring substituents is 1. The van der Waals surface area contributed by atoms with Crippen molar-refractivity contribution < 1.29 is 9.72 Å². The summed E-state index contributed by atoms with van der Waals surface area (Å²) in [6.07, 6.45) is 0. The maximum atomic E-state index is 13.2. The summed E-state index contributed by atoms with van der Waals surface area (Å²) < 4.78 is 0.729. The molecule has 4 aromatic rings. The van der Waals surface area contributed by atoms with Crippen LogP contribution in [-0.2, 0) is 0 Å². The van der Waals surface area contributed by atoms with Gasteiger partial charge in [-0.15, -0.1) is 11.3 Å². The topological polar surface area (TPSA) is 89.3 Å². The molecule has 1 aromatic heterocycles. The molecule has 0 atom stereocenters. The molecule has 4 rings (SSSR count). The maximum Gasteiger partial charge on any atom is 0.269 e. The van der Waals surface area contributed by atoms with Crippen molar-refractivity contribution in [1.82, 2.24) is 0 Å². The van der Waals surface area contributed by atoms with Crippen LogP contribution in [0, 0.1) is 10.1 Å². The highest BCUT2D eigenvalue weighted by atomic mass is 35.5. The molecule has 1 amide bonds. The Labute approximate surface area is 179 Å². The average molecular weight is 437 g/mol. The molecular weight excluding hydrogens is 424 g/mol. The zero-order valence-electron chi connectivity index (χ0n) is 15.3. The lowest BCUT2D eigenvalue weighted by atomic mass is 10.1. The highest BCUT2D eigenvalue weighted by molar-refractivity contribution is 7.22.